The summed E-state index contributed by atoms with van der Waals surface area (Å²) < 4.78 is 22.4. The van der Waals surface area contributed by atoms with Crippen LogP contribution in [0.3, 0.4) is 0 Å². The summed E-state index contributed by atoms with van der Waals surface area (Å²) in [6.07, 6.45) is 6.02. The van der Waals surface area contributed by atoms with E-state index in [2.05, 4.69) is 60.7 Å². The van der Waals surface area contributed by atoms with Crippen molar-refractivity contribution in [1.29, 1.82) is 5.41 Å². The van der Waals surface area contributed by atoms with Gasteiger partial charge in [0.25, 0.3) is 0 Å². The predicted octanol–water partition coefficient (Wildman–Crippen LogP) is 4.55. The monoisotopic (exact) mass is 597 g/mol. The molecule has 3 aromatic rings. The van der Waals surface area contributed by atoms with Gasteiger partial charge in [0.2, 0.25) is 0 Å². The third-order valence-electron chi connectivity index (χ3n) is 4.84. The molecular weight excluding hydrogens is 568 g/mol. The maximum atomic E-state index is 8.75. The fourth-order valence-electron chi connectivity index (χ4n) is 3.33. The standard InChI is InChI=1S/C29H27NO3Se2/c1-3-31-27-16-15-21(17-28(27)32-4-2)26(30)19-22-18-25(34-23-11-7-5-8-12-23)20-29(33-22)35-24-13-9-6-10-14-24/h5-20,30H,3-4H2,1-2H3. The SMILES string of the molecule is CCOc1ccc(C(=N)C=C2C=C([Se]c3ccccc3)C=C([Se]c3ccccc3)O2)cc1OCC. The normalized spacial score (nSPS) is 14.1. The topological polar surface area (TPSA) is 51.5 Å². The van der Waals surface area contributed by atoms with Gasteiger partial charge in [-0.2, -0.15) is 0 Å². The first-order valence-corrected chi connectivity index (χ1v) is 14.8. The Balaban J connectivity index is 1.61. The molecule has 0 unspecified atom stereocenters. The molecule has 4 rings (SSSR count). The molecule has 0 saturated carbocycles. The zero-order valence-electron chi connectivity index (χ0n) is 19.7. The first kappa shape index (κ1) is 25.1. The van der Waals surface area contributed by atoms with Crippen LogP contribution in [0.15, 0.2) is 112 Å². The minimum absolute atomic E-state index is 0.0378. The van der Waals surface area contributed by atoms with E-state index in [4.69, 9.17) is 19.6 Å². The summed E-state index contributed by atoms with van der Waals surface area (Å²) in [4.78, 5) is 0. The summed E-state index contributed by atoms with van der Waals surface area (Å²) in [5.74, 6) is 2.03. The average Bonchev–Trinajstić information content (AvgIpc) is 2.86. The molecule has 1 aliphatic heterocycles. The molecule has 1 N–H and O–H groups in total. The first-order valence-electron chi connectivity index (χ1n) is 11.4. The quantitative estimate of drug-likeness (QED) is 0.277. The Kier molecular flexibility index (Phi) is 9.05. The van der Waals surface area contributed by atoms with Gasteiger partial charge in [-0.05, 0) is 0 Å². The molecule has 0 bridgehead atoms. The second-order valence-electron chi connectivity index (χ2n) is 7.43. The van der Waals surface area contributed by atoms with E-state index >= 15 is 0 Å². The van der Waals surface area contributed by atoms with E-state index in [-0.39, 0.29) is 29.9 Å². The fraction of sp³-hybridized carbons (Fsp3) is 0.138. The van der Waals surface area contributed by atoms with E-state index in [1.165, 1.54) is 13.4 Å². The van der Waals surface area contributed by atoms with Gasteiger partial charge in [-0.25, -0.2) is 0 Å². The Morgan fingerprint density at radius 2 is 1.43 bits per heavy atom. The van der Waals surface area contributed by atoms with Gasteiger partial charge in [-0.3, -0.25) is 0 Å². The van der Waals surface area contributed by atoms with Gasteiger partial charge in [0.05, 0.1) is 0 Å². The van der Waals surface area contributed by atoms with Gasteiger partial charge in [0.1, 0.15) is 0 Å². The maximum absolute atomic E-state index is 8.75. The Morgan fingerprint density at radius 3 is 2.09 bits per heavy atom. The molecule has 0 radical (unpaired) electrons. The summed E-state index contributed by atoms with van der Waals surface area (Å²) in [5, 5.41) is 8.75. The number of nitrogens with one attached hydrogen (secondary N) is 1. The van der Waals surface area contributed by atoms with Crippen molar-refractivity contribution >= 4 is 44.5 Å². The number of hydrogen-bond donors (Lipinski definition) is 1. The van der Waals surface area contributed by atoms with Crippen LogP contribution in [0.1, 0.15) is 19.4 Å². The summed E-state index contributed by atoms with van der Waals surface area (Å²) in [7, 11) is 0. The van der Waals surface area contributed by atoms with Gasteiger partial charge in [0.15, 0.2) is 0 Å². The third-order valence-corrected chi connectivity index (χ3v) is 8.81. The second-order valence-corrected chi connectivity index (χ2v) is 12.1. The molecule has 0 saturated heterocycles. The molecule has 0 aromatic heterocycles. The molecule has 0 fully saturated rings. The Morgan fingerprint density at radius 1 is 0.800 bits per heavy atom. The molecule has 0 spiro atoms. The Labute approximate surface area is 219 Å². The van der Waals surface area contributed by atoms with Crippen LogP contribution in [0, 0.1) is 5.41 Å². The van der Waals surface area contributed by atoms with E-state index in [1.807, 2.05) is 44.2 Å². The van der Waals surface area contributed by atoms with Gasteiger partial charge in [0, 0.05) is 0 Å². The van der Waals surface area contributed by atoms with Crippen LogP contribution in [0.2, 0.25) is 0 Å². The number of ether oxygens (including phenoxy) is 3. The molecule has 4 nitrogen and oxygen atoms in total. The summed E-state index contributed by atoms with van der Waals surface area (Å²) in [6, 6.07) is 26.5. The zero-order valence-corrected chi connectivity index (χ0v) is 23.1. The van der Waals surface area contributed by atoms with Crippen molar-refractivity contribution in [3.8, 4) is 11.5 Å². The van der Waals surface area contributed by atoms with Gasteiger partial charge in [-0.15, -0.1) is 0 Å². The summed E-state index contributed by atoms with van der Waals surface area (Å²) >= 11 is 0.182. The summed E-state index contributed by atoms with van der Waals surface area (Å²) in [5.41, 5.74) is 1.11. The van der Waals surface area contributed by atoms with Crippen molar-refractivity contribution in [2.45, 2.75) is 13.8 Å². The van der Waals surface area contributed by atoms with Gasteiger partial charge >= 0.3 is 220 Å². The average molecular weight is 595 g/mol. The van der Waals surface area contributed by atoms with Crippen molar-refractivity contribution in [2.24, 2.45) is 0 Å². The summed E-state index contributed by atoms with van der Waals surface area (Å²) in [6.45, 7) is 4.97. The van der Waals surface area contributed by atoms with E-state index in [0.29, 0.717) is 36.2 Å². The van der Waals surface area contributed by atoms with Gasteiger partial charge in [-0.1, -0.05) is 0 Å². The molecule has 3 aromatic carbocycles. The van der Waals surface area contributed by atoms with Crippen molar-refractivity contribution in [3.05, 3.63) is 118 Å². The third kappa shape index (κ3) is 7.24. The number of allylic oxidation sites excluding steroid dienone is 4. The van der Waals surface area contributed by atoms with Crippen LogP contribution >= 0.6 is 0 Å². The first-order chi connectivity index (χ1) is 17.1. The minimum atomic E-state index is 0.0378. The van der Waals surface area contributed by atoms with Crippen molar-refractivity contribution < 1.29 is 14.2 Å². The van der Waals surface area contributed by atoms with Crippen LogP contribution in [0.25, 0.3) is 0 Å². The predicted molar refractivity (Wildman–Crippen MR) is 145 cm³/mol. The van der Waals surface area contributed by atoms with Gasteiger partial charge < -0.3 is 0 Å². The van der Waals surface area contributed by atoms with E-state index in [0.717, 1.165) is 10.2 Å². The molecule has 0 amide bonds. The Bertz CT molecular complexity index is 1250. The van der Waals surface area contributed by atoms with E-state index < -0.39 is 0 Å². The van der Waals surface area contributed by atoms with Crippen molar-refractivity contribution in [2.75, 3.05) is 13.2 Å². The van der Waals surface area contributed by atoms with Crippen molar-refractivity contribution in [3.63, 3.8) is 0 Å². The Hall–Kier alpha value is -3.01. The molecule has 178 valence electrons. The molecule has 35 heavy (non-hydrogen) atoms. The molecule has 6 heteroatoms. The molecular formula is C29H27NO3Se2. The van der Waals surface area contributed by atoms with Crippen LogP contribution in [0.5, 0.6) is 11.5 Å². The van der Waals surface area contributed by atoms with E-state index in [1.54, 1.807) is 6.08 Å². The number of rotatable bonds is 10. The number of benzene rings is 3. The van der Waals surface area contributed by atoms with Crippen LogP contribution < -0.4 is 18.4 Å². The number of hydrogen-bond acceptors (Lipinski definition) is 4. The molecule has 1 aliphatic rings. The molecule has 0 atom stereocenters. The molecule has 0 aliphatic carbocycles. The van der Waals surface area contributed by atoms with Crippen LogP contribution in [-0.4, -0.2) is 48.8 Å². The second kappa shape index (κ2) is 12.6. The fourth-order valence-corrected chi connectivity index (χ4v) is 7.39. The van der Waals surface area contributed by atoms with Crippen LogP contribution in [-0.2, 0) is 4.74 Å². The zero-order chi connectivity index (χ0) is 24.5. The molecule has 1 heterocycles. The van der Waals surface area contributed by atoms with Crippen LogP contribution in [0.4, 0.5) is 0 Å². The van der Waals surface area contributed by atoms with Crippen molar-refractivity contribution in [1.82, 2.24) is 0 Å². The van der Waals surface area contributed by atoms with E-state index in [9.17, 15) is 0 Å².